The number of hydrogen-bond acceptors (Lipinski definition) is 7. The summed E-state index contributed by atoms with van der Waals surface area (Å²) in [5.41, 5.74) is 0. The fourth-order valence-corrected chi connectivity index (χ4v) is 3.24. The van der Waals surface area contributed by atoms with Gasteiger partial charge in [0.1, 0.15) is 36.4 Å². The van der Waals surface area contributed by atoms with Gasteiger partial charge in [-0.05, 0) is 13.8 Å². The monoisotopic (exact) mass is 351 g/mol. The van der Waals surface area contributed by atoms with Gasteiger partial charge in [-0.25, -0.2) is 0 Å². The molecule has 0 radical (unpaired) electrons. The van der Waals surface area contributed by atoms with Crippen LogP contribution in [0.5, 0.6) is 0 Å². The van der Waals surface area contributed by atoms with E-state index < -0.39 is 30.2 Å². The Morgan fingerprint density at radius 2 is 2.00 bits per heavy atom. The minimum absolute atomic E-state index is 0.0657. The molecule has 0 saturated carbocycles. The first-order valence-electron chi connectivity index (χ1n) is 7.66. The van der Waals surface area contributed by atoms with E-state index in [1.54, 1.807) is 13.8 Å². The van der Waals surface area contributed by atoms with E-state index in [4.69, 9.17) is 18.9 Å². The van der Waals surface area contributed by atoms with Gasteiger partial charge >= 0.3 is 0 Å². The van der Waals surface area contributed by atoms with Crippen molar-refractivity contribution in [3.05, 3.63) is 0 Å². The summed E-state index contributed by atoms with van der Waals surface area (Å²) in [7, 11) is 2.52. The molecule has 2 heterocycles. The van der Waals surface area contributed by atoms with E-state index in [0.29, 0.717) is 6.54 Å². The molecule has 2 aliphatic rings. The lowest BCUT2D eigenvalue weighted by atomic mass is 10.0. The van der Waals surface area contributed by atoms with Crippen LogP contribution in [0.3, 0.4) is 0 Å². The lowest BCUT2D eigenvalue weighted by molar-refractivity contribution is -0.196. The summed E-state index contributed by atoms with van der Waals surface area (Å²) in [6.45, 7) is 5.55. The molecule has 7 atom stereocenters. The van der Waals surface area contributed by atoms with Crippen LogP contribution in [0.25, 0.3) is 0 Å². The van der Waals surface area contributed by atoms with Gasteiger partial charge in [0.15, 0.2) is 5.79 Å². The molecule has 0 aromatic carbocycles. The van der Waals surface area contributed by atoms with Gasteiger partial charge in [0, 0.05) is 13.5 Å². The highest BCUT2D eigenvalue weighted by atomic mass is 31.0. The molecule has 3 N–H and O–H groups in total. The molecule has 9 heteroatoms. The van der Waals surface area contributed by atoms with E-state index in [1.165, 1.54) is 6.92 Å². The van der Waals surface area contributed by atoms with Crippen molar-refractivity contribution in [1.29, 1.82) is 0 Å². The van der Waals surface area contributed by atoms with Gasteiger partial charge in [-0.15, -0.1) is 9.24 Å². The Balaban J connectivity index is 1.80. The summed E-state index contributed by atoms with van der Waals surface area (Å²) in [4.78, 5) is 10.7. The number of ether oxygens (including phenoxy) is 4. The van der Waals surface area contributed by atoms with E-state index >= 15 is 0 Å². The zero-order valence-electron chi connectivity index (χ0n) is 13.6. The van der Waals surface area contributed by atoms with Gasteiger partial charge in [-0.1, -0.05) is 0 Å². The first-order chi connectivity index (χ1) is 10.7. The number of aliphatic hydroxyl groups excluding tert-OH is 2. The second kappa shape index (κ2) is 7.70. The smallest absolute Gasteiger partial charge is 0.216 e. The number of nitrogens with one attached hydrogen (secondary N) is 1. The number of fused-ring (bicyclic) bond motifs is 1. The van der Waals surface area contributed by atoms with E-state index in [2.05, 4.69) is 14.6 Å². The molecule has 0 aliphatic carbocycles. The second-order valence-corrected chi connectivity index (χ2v) is 6.90. The fourth-order valence-electron chi connectivity index (χ4n) is 2.76. The zero-order chi connectivity index (χ0) is 17.2. The Labute approximate surface area is 138 Å². The molecule has 0 aromatic rings. The molecule has 8 nitrogen and oxygen atoms in total. The highest BCUT2D eigenvalue weighted by Gasteiger charge is 2.56. The van der Waals surface area contributed by atoms with Crippen LogP contribution in [-0.4, -0.2) is 78.0 Å². The SMILES string of the molecule is CC(=O)NCCOC[C@@H](O)[C@@H](O)[C@H]1O[C@H](P)C2OC(C)(C)O[C@@H]21. The molecule has 2 rings (SSSR count). The van der Waals surface area contributed by atoms with Crippen LogP contribution in [0.1, 0.15) is 20.8 Å². The molecule has 0 bridgehead atoms. The van der Waals surface area contributed by atoms with E-state index in [1.807, 2.05) is 0 Å². The number of carbonyl (C=O) groups excluding carboxylic acids is 1. The Hall–Kier alpha value is -0.340. The maximum Gasteiger partial charge on any atom is 0.216 e. The molecule has 1 amide bonds. The first kappa shape index (κ1) is 19.0. The third-order valence-corrected chi connectivity index (χ3v) is 4.30. The van der Waals surface area contributed by atoms with Crippen LogP contribution >= 0.6 is 9.24 Å². The molecule has 2 unspecified atom stereocenters. The Morgan fingerprint density at radius 1 is 1.35 bits per heavy atom. The zero-order valence-corrected chi connectivity index (χ0v) is 14.8. The molecule has 134 valence electrons. The summed E-state index contributed by atoms with van der Waals surface area (Å²) in [5, 5.41) is 23.0. The van der Waals surface area contributed by atoms with Crippen molar-refractivity contribution in [3.63, 3.8) is 0 Å². The Morgan fingerprint density at radius 3 is 2.65 bits per heavy atom. The fraction of sp³-hybridized carbons (Fsp3) is 0.929. The summed E-state index contributed by atoms with van der Waals surface area (Å²) in [6, 6.07) is 0. The molecular formula is C14H26NO7P. The maximum atomic E-state index is 10.7. The molecule has 0 aromatic heterocycles. The Kier molecular flexibility index (Phi) is 6.35. The maximum absolute atomic E-state index is 10.7. The molecule has 2 saturated heterocycles. The van der Waals surface area contributed by atoms with Crippen LogP contribution in [0.2, 0.25) is 0 Å². The quantitative estimate of drug-likeness (QED) is 0.398. The molecule has 2 fully saturated rings. The lowest BCUT2D eigenvalue weighted by Crippen LogP contribution is -2.46. The van der Waals surface area contributed by atoms with Crippen LogP contribution in [0.15, 0.2) is 0 Å². The minimum Gasteiger partial charge on any atom is -0.388 e. The predicted molar refractivity (Wildman–Crippen MR) is 83.7 cm³/mol. The van der Waals surface area contributed by atoms with Crippen LogP contribution < -0.4 is 5.32 Å². The largest absolute Gasteiger partial charge is 0.388 e. The molecule has 0 spiro atoms. The molecular weight excluding hydrogens is 325 g/mol. The number of amides is 1. The highest BCUT2D eigenvalue weighted by Crippen LogP contribution is 2.41. The third kappa shape index (κ3) is 4.82. The summed E-state index contributed by atoms with van der Waals surface area (Å²) in [6.07, 6.45) is -3.73. The van der Waals surface area contributed by atoms with Crippen molar-refractivity contribution in [1.82, 2.24) is 5.32 Å². The number of hydrogen-bond donors (Lipinski definition) is 3. The van der Waals surface area contributed by atoms with Crippen molar-refractivity contribution < 1.29 is 34.0 Å². The normalized spacial score (nSPS) is 34.9. The summed E-state index contributed by atoms with van der Waals surface area (Å²) >= 11 is 0. The van der Waals surface area contributed by atoms with Gasteiger partial charge in [0.05, 0.1) is 13.2 Å². The average molecular weight is 351 g/mol. The van der Waals surface area contributed by atoms with Crippen molar-refractivity contribution in [2.75, 3.05) is 19.8 Å². The van der Waals surface area contributed by atoms with E-state index in [9.17, 15) is 15.0 Å². The number of rotatable bonds is 7. The van der Waals surface area contributed by atoms with Gasteiger partial charge in [0.2, 0.25) is 5.91 Å². The van der Waals surface area contributed by atoms with Gasteiger partial charge < -0.3 is 34.5 Å². The van der Waals surface area contributed by atoms with Gasteiger partial charge in [-0.2, -0.15) is 0 Å². The van der Waals surface area contributed by atoms with Crippen molar-refractivity contribution in [2.24, 2.45) is 0 Å². The summed E-state index contributed by atoms with van der Waals surface area (Å²) in [5.74, 6) is -1.20. The minimum atomic E-state index is -1.16. The lowest BCUT2D eigenvalue weighted by Gasteiger charge is -2.28. The van der Waals surface area contributed by atoms with Gasteiger partial charge in [0.25, 0.3) is 0 Å². The van der Waals surface area contributed by atoms with Crippen molar-refractivity contribution >= 4 is 15.1 Å². The van der Waals surface area contributed by atoms with E-state index in [0.717, 1.165) is 0 Å². The van der Waals surface area contributed by atoms with E-state index in [-0.39, 0.29) is 31.1 Å². The highest BCUT2D eigenvalue weighted by molar-refractivity contribution is 7.17. The summed E-state index contributed by atoms with van der Waals surface area (Å²) < 4.78 is 22.4. The van der Waals surface area contributed by atoms with Crippen LogP contribution in [-0.2, 0) is 23.7 Å². The third-order valence-electron chi connectivity index (χ3n) is 3.77. The van der Waals surface area contributed by atoms with Crippen LogP contribution in [0.4, 0.5) is 0 Å². The number of aliphatic hydroxyl groups is 2. The first-order valence-corrected chi connectivity index (χ1v) is 8.33. The van der Waals surface area contributed by atoms with Gasteiger partial charge in [-0.3, -0.25) is 4.79 Å². The average Bonchev–Trinajstić information content (AvgIpc) is 2.92. The topological polar surface area (TPSA) is 106 Å². The number of carbonyl (C=O) groups is 1. The predicted octanol–water partition coefficient (Wildman–Crippen LogP) is -1.02. The molecule has 2 aliphatic heterocycles. The van der Waals surface area contributed by atoms with Crippen LogP contribution in [0, 0.1) is 0 Å². The van der Waals surface area contributed by atoms with Crippen molar-refractivity contribution in [2.45, 2.75) is 62.9 Å². The van der Waals surface area contributed by atoms with Crippen molar-refractivity contribution in [3.8, 4) is 0 Å². The Bertz CT molecular complexity index is 422. The standard InChI is InChI=1S/C14H26NO7P/c1-7(16)15-4-5-19-6-8(17)9(18)10-11-12(13(23)20-10)22-14(2,3)21-11/h8-13,17-18H,4-6,23H2,1-3H3,(H,15,16)/t8-,9-,10-,11-,12?,13-/m1/s1. The second-order valence-electron chi connectivity index (χ2n) is 6.25. The molecule has 23 heavy (non-hydrogen) atoms.